The van der Waals surface area contributed by atoms with Gasteiger partial charge >= 0.3 is 6.03 Å². The number of carbonyl (C=O) groups excluding carboxylic acids is 2. The van der Waals surface area contributed by atoms with Gasteiger partial charge in [0.25, 0.3) is 5.91 Å². The van der Waals surface area contributed by atoms with Crippen LogP contribution in [0.5, 0.6) is 0 Å². The summed E-state index contributed by atoms with van der Waals surface area (Å²) < 4.78 is 1.37. The van der Waals surface area contributed by atoms with E-state index in [4.69, 9.17) is 0 Å². The lowest BCUT2D eigenvalue weighted by Gasteiger charge is -2.32. The van der Waals surface area contributed by atoms with Gasteiger partial charge in [0.05, 0.1) is 6.04 Å². The fourth-order valence-electron chi connectivity index (χ4n) is 6.06. The second-order valence-electron chi connectivity index (χ2n) is 11.9. The molecule has 13 heteroatoms. The largest absolute Gasteiger partial charge is 0.331 e. The topological polar surface area (TPSA) is 130 Å². The number of hydrogen-bond donors (Lipinski definition) is 1. The molecule has 1 saturated carbocycles. The first kappa shape index (κ1) is 29.0. The zero-order valence-corrected chi connectivity index (χ0v) is 24.9. The standard InChI is InChI=1S/C30H39N11O2/c1-36-11-15-38(16-12-36)20-22-7-9-23(10-8-22)29(42)41(24-5-3-4-6-24)35-27-26-28(34-25(19-31)33-27)40(21-32-26)30(43)39-17-13-37(2)14-18-39/h7-10,21,24H,3-6,11-18,20H2,1-2H3,(H,33,34,35). The van der Waals surface area contributed by atoms with Crippen molar-refractivity contribution in [2.45, 2.75) is 38.3 Å². The van der Waals surface area contributed by atoms with E-state index in [0.29, 0.717) is 24.2 Å². The minimum absolute atomic E-state index is 0.0397. The van der Waals surface area contributed by atoms with E-state index < -0.39 is 0 Å². The minimum Gasteiger partial charge on any atom is -0.321 e. The van der Waals surface area contributed by atoms with Gasteiger partial charge in [-0.2, -0.15) is 15.2 Å². The van der Waals surface area contributed by atoms with Gasteiger partial charge in [0.2, 0.25) is 5.82 Å². The molecule has 0 bridgehead atoms. The number of nitrogens with one attached hydrogen (secondary N) is 1. The van der Waals surface area contributed by atoms with E-state index in [1.807, 2.05) is 37.4 Å². The van der Waals surface area contributed by atoms with Crippen LogP contribution < -0.4 is 5.43 Å². The molecule has 4 heterocycles. The van der Waals surface area contributed by atoms with E-state index in [1.54, 1.807) is 9.91 Å². The number of fused-ring (bicyclic) bond motifs is 1. The van der Waals surface area contributed by atoms with Crippen molar-refractivity contribution < 1.29 is 9.59 Å². The molecule has 3 aliphatic rings. The molecular formula is C30H39N11O2. The molecule has 2 amide bonds. The summed E-state index contributed by atoms with van der Waals surface area (Å²) in [7, 11) is 4.17. The molecule has 13 nitrogen and oxygen atoms in total. The average molecular weight is 586 g/mol. The highest BCUT2D eigenvalue weighted by Gasteiger charge is 2.30. The van der Waals surface area contributed by atoms with Gasteiger partial charge in [-0.3, -0.25) is 15.1 Å². The highest BCUT2D eigenvalue weighted by atomic mass is 16.2. The first-order valence-electron chi connectivity index (χ1n) is 15.1. The van der Waals surface area contributed by atoms with Crippen molar-refractivity contribution in [1.29, 1.82) is 5.26 Å². The van der Waals surface area contributed by atoms with Gasteiger partial charge < -0.3 is 14.7 Å². The van der Waals surface area contributed by atoms with E-state index in [0.717, 1.165) is 71.5 Å². The van der Waals surface area contributed by atoms with Crippen LogP contribution in [-0.2, 0) is 6.54 Å². The maximum Gasteiger partial charge on any atom is 0.331 e. The molecule has 6 rings (SSSR count). The zero-order valence-electron chi connectivity index (χ0n) is 24.9. The fourth-order valence-corrected chi connectivity index (χ4v) is 6.06. The number of hydrogen-bond acceptors (Lipinski definition) is 10. The van der Waals surface area contributed by atoms with E-state index in [-0.39, 0.29) is 35.3 Å². The SMILES string of the molecule is CN1CCN(Cc2ccc(C(=O)N(Nc3nc(C#N)nc4c3ncn4C(=O)N3CCN(C)CC3)C3CCCC3)cc2)CC1. The molecule has 226 valence electrons. The lowest BCUT2D eigenvalue weighted by atomic mass is 10.1. The monoisotopic (exact) mass is 585 g/mol. The van der Waals surface area contributed by atoms with Gasteiger partial charge in [0.1, 0.15) is 12.4 Å². The number of benzene rings is 1. The number of rotatable bonds is 6. The average Bonchev–Trinajstić information content (AvgIpc) is 3.72. The van der Waals surface area contributed by atoms with Gasteiger partial charge in [-0.25, -0.2) is 19.4 Å². The first-order valence-corrected chi connectivity index (χ1v) is 15.1. The van der Waals surface area contributed by atoms with Crippen LogP contribution in [-0.4, -0.2) is 129 Å². The molecular weight excluding hydrogens is 546 g/mol. The van der Waals surface area contributed by atoms with Crippen molar-refractivity contribution in [3.63, 3.8) is 0 Å². The number of anilines is 1. The number of likely N-dealkylation sites (N-methyl/N-ethyl adjacent to an activating group) is 2. The van der Waals surface area contributed by atoms with Crippen LogP contribution in [0.4, 0.5) is 10.6 Å². The Balaban J connectivity index is 1.25. The van der Waals surface area contributed by atoms with Crippen molar-refractivity contribution in [2.24, 2.45) is 0 Å². The predicted octanol–water partition coefficient (Wildman–Crippen LogP) is 2.07. The number of carbonyl (C=O) groups is 2. The Morgan fingerprint density at radius 1 is 0.953 bits per heavy atom. The summed E-state index contributed by atoms with van der Waals surface area (Å²) in [6.07, 6.45) is 5.19. The molecule has 0 atom stereocenters. The van der Waals surface area contributed by atoms with Crippen LogP contribution >= 0.6 is 0 Å². The minimum atomic E-state index is -0.246. The molecule has 2 aromatic heterocycles. The van der Waals surface area contributed by atoms with Crippen LogP contribution in [0.25, 0.3) is 11.2 Å². The van der Waals surface area contributed by atoms with Gasteiger partial charge in [-0.1, -0.05) is 25.0 Å². The number of nitriles is 1. The van der Waals surface area contributed by atoms with Crippen LogP contribution in [0, 0.1) is 11.3 Å². The summed E-state index contributed by atoms with van der Waals surface area (Å²) in [6.45, 7) is 7.78. The Labute approximate surface area is 251 Å². The molecule has 43 heavy (non-hydrogen) atoms. The summed E-state index contributed by atoms with van der Waals surface area (Å²) in [5.74, 6) is -0.0373. The maximum atomic E-state index is 14.0. The van der Waals surface area contributed by atoms with Crippen molar-refractivity contribution in [1.82, 2.24) is 44.1 Å². The Morgan fingerprint density at radius 3 is 2.26 bits per heavy atom. The third kappa shape index (κ3) is 6.31. The van der Waals surface area contributed by atoms with Crippen molar-refractivity contribution in [3.8, 4) is 6.07 Å². The highest BCUT2D eigenvalue weighted by molar-refractivity contribution is 5.97. The zero-order chi connectivity index (χ0) is 29.9. The molecule has 0 radical (unpaired) electrons. The Bertz CT molecular complexity index is 1490. The number of imidazole rings is 1. The quantitative estimate of drug-likeness (QED) is 0.429. The van der Waals surface area contributed by atoms with Gasteiger partial charge in [-0.05, 0) is 44.6 Å². The molecule has 3 fully saturated rings. The van der Waals surface area contributed by atoms with Gasteiger partial charge in [0.15, 0.2) is 17.0 Å². The summed E-state index contributed by atoms with van der Waals surface area (Å²) >= 11 is 0. The van der Waals surface area contributed by atoms with E-state index in [2.05, 4.69) is 42.1 Å². The second kappa shape index (κ2) is 12.6. The summed E-state index contributed by atoms with van der Waals surface area (Å²) in [6, 6.07) is 9.54. The van der Waals surface area contributed by atoms with Crippen LogP contribution in [0.1, 0.15) is 47.4 Å². The van der Waals surface area contributed by atoms with Crippen molar-refractivity contribution in [3.05, 3.63) is 47.5 Å². The van der Waals surface area contributed by atoms with Crippen LogP contribution in [0.2, 0.25) is 0 Å². The Morgan fingerprint density at radius 2 is 1.60 bits per heavy atom. The van der Waals surface area contributed by atoms with Crippen LogP contribution in [0.3, 0.4) is 0 Å². The summed E-state index contributed by atoms with van der Waals surface area (Å²) in [5, 5.41) is 11.4. The van der Waals surface area contributed by atoms with E-state index in [9.17, 15) is 14.9 Å². The van der Waals surface area contributed by atoms with Crippen LogP contribution in [0.15, 0.2) is 30.6 Å². The Kier molecular flexibility index (Phi) is 8.51. The summed E-state index contributed by atoms with van der Waals surface area (Å²) in [4.78, 5) is 49.2. The molecule has 0 spiro atoms. The molecule has 1 N–H and O–H groups in total. The molecule has 2 aliphatic heterocycles. The number of hydrazine groups is 1. The molecule has 2 saturated heterocycles. The number of amides is 2. The lowest BCUT2D eigenvalue weighted by molar-refractivity contribution is 0.0732. The number of piperazine rings is 2. The van der Waals surface area contributed by atoms with E-state index >= 15 is 0 Å². The predicted molar refractivity (Wildman–Crippen MR) is 161 cm³/mol. The van der Waals surface area contributed by atoms with E-state index in [1.165, 1.54) is 16.5 Å². The normalized spacial score (nSPS) is 19.0. The molecule has 3 aromatic rings. The summed E-state index contributed by atoms with van der Waals surface area (Å²) in [5.41, 5.74) is 5.54. The number of aromatic nitrogens is 4. The Hall–Kier alpha value is -4.12. The van der Waals surface area contributed by atoms with Gasteiger partial charge in [0, 0.05) is 64.5 Å². The first-order chi connectivity index (χ1) is 20.9. The smallest absolute Gasteiger partial charge is 0.321 e. The molecule has 0 unspecified atom stereocenters. The highest BCUT2D eigenvalue weighted by Crippen LogP contribution is 2.28. The third-order valence-electron chi connectivity index (χ3n) is 8.81. The van der Waals surface area contributed by atoms with Crippen molar-refractivity contribution >= 4 is 28.9 Å². The second-order valence-corrected chi connectivity index (χ2v) is 11.9. The maximum absolute atomic E-state index is 14.0. The van der Waals surface area contributed by atoms with Crippen molar-refractivity contribution in [2.75, 3.05) is 71.9 Å². The number of nitrogens with zero attached hydrogens (tertiary/aromatic N) is 10. The lowest BCUT2D eigenvalue weighted by Crippen LogP contribution is -2.48. The van der Waals surface area contributed by atoms with Gasteiger partial charge in [-0.15, -0.1) is 0 Å². The molecule has 1 aliphatic carbocycles. The fraction of sp³-hybridized carbons (Fsp3) is 0.533. The molecule has 1 aromatic carbocycles. The third-order valence-corrected chi connectivity index (χ3v) is 8.81.